The Morgan fingerprint density at radius 2 is 1.96 bits per heavy atom. The van der Waals surface area contributed by atoms with Gasteiger partial charge in [0.2, 0.25) is 0 Å². The van der Waals surface area contributed by atoms with Gasteiger partial charge in [-0.05, 0) is 60.6 Å². The van der Waals surface area contributed by atoms with Crippen LogP contribution >= 0.6 is 22.6 Å². The Kier molecular flexibility index (Phi) is 5.46. The molecule has 1 aromatic carbocycles. The van der Waals surface area contributed by atoms with Crippen molar-refractivity contribution in [1.82, 2.24) is 9.13 Å². The number of anilines is 1. The van der Waals surface area contributed by atoms with Crippen LogP contribution in [0.2, 0.25) is 0 Å². The van der Waals surface area contributed by atoms with Gasteiger partial charge in [-0.3, -0.25) is 14.2 Å². The highest BCUT2D eigenvalue weighted by Gasteiger charge is 2.33. The van der Waals surface area contributed by atoms with Crippen molar-refractivity contribution in [3.63, 3.8) is 0 Å². The van der Waals surface area contributed by atoms with E-state index in [4.69, 9.17) is 0 Å². The monoisotopic (exact) mass is 499 g/mol. The molecule has 0 amide bonds. The fourth-order valence-corrected chi connectivity index (χ4v) is 3.48. The Labute approximate surface area is 173 Å². The molecular formula is C19H19FIN3O4. The fourth-order valence-electron chi connectivity index (χ4n) is 3.03. The number of aliphatic hydroxyl groups is 1. The zero-order valence-corrected chi connectivity index (χ0v) is 17.7. The molecule has 1 aromatic heterocycles. The van der Waals surface area contributed by atoms with Crippen LogP contribution in [0.1, 0.15) is 31.4 Å². The third-order valence-electron chi connectivity index (χ3n) is 4.54. The van der Waals surface area contributed by atoms with Crippen LogP contribution in [0.5, 0.6) is 0 Å². The number of allylic oxidation sites excluding steroid dienone is 1. The van der Waals surface area contributed by atoms with Crippen LogP contribution < -0.4 is 16.1 Å². The molecule has 0 saturated heterocycles. The number of carbonyl (C=O) groups is 1. The molecule has 0 unspecified atom stereocenters. The van der Waals surface area contributed by atoms with Crippen molar-refractivity contribution in [2.24, 2.45) is 0 Å². The third kappa shape index (κ3) is 3.38. The molecule has 1 heterocycles. The third-order valence-corrected chi connectivity index (χ3v) is 5.21. The number of carbonyl (C=O) groups excluding carboxylic acids is 1. The van der Waals surface area contributed by atoms with Gasteiger partial charge in [0, 0.05) is 29.3 Å². The molecule has 1 saturated carbocycles. The number of hydrogen-bond donors (Lipinski definition) is 1. The van der Waals surface area contributed by atoms with Gasteiger partial charge in [0.25, 0.3) is 5.56 Å². The summed E-state index contributed by atoms with van der Waals surface area (Å²) in [6, 6.07) is 4.06. The van der Waals surface area contributed by atoms with Gasteiger partial charge < -0.3 is 10.0 Å². The maximum Gasteiger partial charge on any atom is 0.337 e. The molecule has 0 bridgehead atoms. The predicted molar refractivity (Wildman–Crippen MR) is 113 cm³/mol. The summed E-state index contributed by atoms with van der Waals surface area (Å²) in [5.41, 5.74) is -1.69. The van der Waals surface area contributed by atoms with E-state index >= 15 is 0 Å². The molecule has 1 fully saturated rings. The first kappa shape index (κ1) is 20.3. The van der Waals surface area contributed by atoms with E-state index in [2.05, 4.69) is 0 Å². The van der Waals surface area contributed by atoms with Gasteiger partial charge in [-0.2, -0.15) is 0 Å². The Bertz CT molecular complexity index is 1110. The predicted octanol–water partition coefficient (Wildman–Crippen LogP) is 2.63. The summed E-state index contributed by atoms with van der Waals surface area (Å²) in [5, 5.41) is 10.6. The minimum Gasteiger partial charge on any atom is -0.507 e. The van der Waals surface area contributed by atoms with Crippen LogP contribution in [0.3, 0.4) is 0 Å². The van der Waals surface area contributed by atoms with Crippen LogP contribution in [0.25, 0.3) is 11.4 Å². The second-order valence-electron chi connectivity index (χ2n) is 6.86. The maximum atomic E-state index is 14.8. The zero-order valence-electron chi connectivity index (χ0n) is 15.6. The molecule has 1 aliphatic carbocycles. The first-order chi connectivity index (χ1) is 13.2. The number of benzene rings is 1. The highest BCUT2D eigenvalue weighted by Crippen LogP contribution is 2.34. The van der Waals surface area contributed by atoms with Crippen molar-refractivity contribution in [2.45, 2.75) is 25.8 Å². The summed E-state index contributed by atoms with van der Waals surface area (Å²) < 4.78 is 17.5. The average molecular weight is 499 g/mol. The van der Waals surface area contributed by atoms with E-state index in [1.807, 2.05) is 22.6 Å². The number of nitrogens with zero attached hydrogens (tertiary/aromatic N) is 3. The average Bonchev–Trinajstić information content (AvgIpc) is 3.45. The lowest BCUT2D eigenvalue weighted by Gasteiger charge is -2.24. The molecule has 148 valence electrons. The number of halogens is 2. The van der Waals surface area contributed by atoms with E-state index in [-0.39, 0.29) is 28.7 Å². The molecule has 0 spiro atoms. The fraction of sp³-hybridized carbons (Fsp3) is 0.316. The molecule has 28 heavy (non-hydrogen) atoms. The summed E-state index contributed by atoms with van der Waals surface area (Å²) >= 11 is 1.96. The smallest absolute Gasteiger partial charge is 0.337 e. The molecular weight excluding hydrogens is 480 g/mol. The molecule has 1 aliphatic rings. The van der Waals surface area contributed by atoms with E-state index in [0.29, 0.717) is 22.7 Å². The van der Waals surface area contributed by atoms with Crippen molar-refractivity contribution in [2.75, 3.05) is 19.0 Å². The van der Waals surface area contributed by atoms with Crippen molar-refractivity contribution in [3.8, 4) is 5.69 Å². The second kappa shape index (κ2) is 7.53. The lowest BCUT2D eigenvalue weighted by molar-refractivity contribution is -0.104. The Morgan fingerprint density at radius 1 is 1.32 bits per heavy atom. The van der Waals surface area contributed by atoms with Crippen molar-refractivity contribution >= 4 is 40.5 Å². The first-order valence-corrected chi connectivity index (χ1v) is 9.66. The minimum atomic E-state index is -0.697. The van der Waals surface area contributed by atoms with Crippen LogP contribution in [0.4, 0.5) is 10.2 Å². The van der Waals surface area contributed by atoms with E-state index in [1.165, 1.54) is 24.0 Å². The number of hydrogen-bond acceptors (Lipinski definition) is 5. The van der Waals surface area contributed by atoms with E-state index < -0.39 is 22.8 Å². The zero-order chi connectivity index (χ0) is 20.7. The summed E-state index contributed by atoms with van der Waals surface area (Å²) in [5.74, 6) is -1.16. The van der Waals surface area contributed by atoms with E-state index in [0.717, 1.165) is 9.13 Å². The van der Waals surface area contributed by atoms with Crippen LogP contribution in [-0.2, 0) is 4.79 Å². The number of rotatable bonds is 5. The molecule has 9 heteroatoms. The van der Waals surface area contributed by atoms with Gasteiger partial charge in [0.05, 0.1) is 5.69 Å². The largest absolute Gasteiger partial charge is 0.507 e. The molecule has 1 N–H and O–H groups in total. The summed E-state index contributed by atoms with van der Waals surface area (Å²) in [6.07, 6.45) is 1.71. The van der Waals surface area contributed by atoms with Crippen molar-refractivity contribution in [3.05, 3.63) is 59.6 Å². The lowest BCUT2D eigenvalue weighted by atomic mass is 10.1. The topological polar surface area (TPSA) is 84.5 Å². The van der Waals surface area contributed by atoms with Gasteiger partial charge in [0.1, 0.15) is 29.2 Å². The molecule has 3 rings (SSSR count). The minimum absolute atomic E-state index is 0.00529. The Balaban J connectivity index is 2.55. The normalized spacial score (nSPS) is 14.6. The number of aldehydes is 1. The molecule has 0 aliphatic heterocycles. The first-order valence-electron chi connectivity index (χ1n) is 8.58. The molecule has 7 nitrogen and oxygen atoms in total. The molecule has 0 radical (unpaired) electrons. The van der Waals surface area contributed by atoms with Gasteiger partial charge in [-0.15, -0.1) is 0 Å². The quantitative estimate of drug-likeness (QED) is 0.296. The standard InChI is InChI=1S/C19H19FIN3O4/c1-10(9-25)16(26)15-17(22(2)3)24(14-7-4-11(21)8-13(14)20)19(28)23(18(15)27)12-5-6-12/h4,7-9,12,26H,5-6H2,1-3H3/b16-10+. The van der Waals surface area contributed by atoms with Crippen LogP contribution in [0, 0.1) is 9.39 Å². The highest BCUT2D eigenvalue weighted by molar-refractivity contribution is 14.1. The van der Waals surface area contributed by atoms with Gasteiger partial charge in [-0.25, -0.2) is 13.8 Å². The van der Waals surface area contributed by atoms with Crippen LogP contribution in [-0.4, -0.2) is 34.6 Å². The summed E-state index contributed by atoms with van der Waals surface area (Å²) in [4.78, 5) is 38.9. The maximum absolute atomic E-state index is 14.8. The summed E-state index contributed by atoms with van der Waals surface area (Å²) in [7, 11) is 3.15. The highest BCUT2D eigenvalue weighted by atomic mass is 127. The van der Waals surface area contributed by atoms with Crippen molar-refractivity contribution < 1.29 is 14.3 Å². The van der Waals surface area contributed by atoms with E-state index in [1.54, 1.807) is 20.2 Å². The lowest BCUT2D eigenvalue weighted by Crippen LogP contribution is -2.43. The molecule has 2 aromatic rings. The summed E-state index contributed by atoms with van der Waals surface area (Å²) in [6.45, 7) is 1.36. The number of aromatic nitrogens is 2. The van der Waals surface area contributed by atoms with Gasteiger partial charge in [0.15, 0.2) is 0 Å². The van der Waals surface area contributed by atoms with Gasteiger partial charge >= 0.3 is 5.69 Å². The number of aliphatic hydroxyl groups excluding tert-OH is 1. The SMILES string of the molecule is C/C(C=O)=C(\O)c1c(N(C)C)n(-c2ccc(I)cc2F)c(=O)n(C2CC2)c1=O. The Morgan fingerprint density at radius 3 is 2.46 bits per heavy atom. The van der Waals surface area contributed by atoms with Crippen molar-refractivity contribution in [1.29, 1.82) is 0 Å². The van der Waals surface area contributed by atoms with E-state index in [9.17, 15) is 23.9 Å². The molecule has 0 atom stereocenters. The van der Waals surface area contributed by atoms with Gasteiger partial charge in [-0.1, -0.05) is 0 Å². The second-order valence-corrected chi connectivity index (χ2v) is 8.11. The Hall–Kier alpha value is -2.43. The van der Waals surface area contributed by atoms with Crippen LogP contribution in [0.15, 0.2) is 33.4 Å².